The molecule has 168 valence electrons. The molecule has 0 aromatic carbocycles. The first kappa shape index (κ1) is 26.4. The fourth-order valence-electron chi connectivity index (χ4n) is 2.27. The van der Waals surface area contributed by atoms with E-state index in [1.54, 1.807) is 0 Å². The minimum absolute atomic E-state index is 2.60. The number of aliphatic hydroxyl groups excluding tert-OH is 2. The van der Waals surface area contributed by atoms with Gasteiger partial charge in [-0.1, -0.05) is 0 Å². The van der Waals surface area contributed by atoms with Gasteiger partial charge in [0, 0.05) is 0 Å². The maximum Gasteiger partial charge on any atom is 0.470 e. The smallest absolute Gasteiger partial charge is 0.387 e. The molecular weight excluding hydrogens is 484 g/mol. The van der Waals surface area contributed by atoms with Crippen LogP contribution in [0.3, 0.4) is 0 Å². The molecule has 0 aromatic rings. The van der Waals surface area contributed by atoms with Crippen LogP contribution in [-0.4, -0.2) is 86.0 Å². The molecule has 18 nitrogen and oxygen atoms in total. The van der Waals surface area contributed by atoms with E-state index >= 15 is 0 Å². The first-order valence-electron chi connectivity index (χ1n) is 6.52. The Labute approximate surface area is 154 Å². The summed E-state index contributed by atoms with van der Waals surface area (Å²) in [4.78, 5) is 71.1. The van der Waals surface area contributed by atoms with Crippen molar-refractivity contribution in [3.05, 3.63) is 0 Å². The Morgan fingerprint density at radius 2 is 0.607 bits per heavy atom. The molecule has 0 saturated heterocycles. The van der Waals surface area contributed by atoms with Crippen LogP contribution in [0, 0.1) is 0 Å². The first-order valence-corrected chi connectivity index (χ1v) is 12.6. The molecular formula is C6H16O18P4. The van der Waals surface area contributed by atoms with Crippen LogP contribution in [0.2, 0.25) is 0 Å². The standard InChI is InChI=1S/C6H16O18P4/c7-1-2(8)4(22-26(12,13)14)6(24-28(18,19)20)5(23-27(15,16)17)3(1)21-25(9,10)11/h1-8H,(H2,9,10,11)(H2,12,13,14)(H2,15,16,17)(H2,18,19,20)/t1-,2-,3-,4+,5-,6+/m0/s1. The summed E-state index contributed by atoms with van der Waals surface area (Å²) < 4.78 is 60.6. The average Bonchev–Trinajstić information content (AvgIpc) is 2.39. The maximum absolute atomic E-state index is 11.1. The second-order valence-corrected chi connectivity index (χ2v) is 9.99. The number of aliphatic hydroxyl groups is 2. The summed E-state index contributed by atoms with van der Waals surface area (Å²) in [6.07, 6.45) is -15.9. The van der Waals surface area contributed by atoms with Crippen molar-refractivity contribution in [3.8, 4) is 0 Å². The van der Waals surface area contributed by atoms with Crippen molar-refractivity contribution in [2.75, 3.05) is 0 Å². The van der Waals surface area contributed by atoms with E-state index in [9.17, 15) is 28.5 Å². The van der Waals surface area contributed by atoms with E-state index in [1.165, 1.54) is 0 Å². The quantitative estimate of drug-likeness (QED) is 0.145. The molecule has 0 spiro atoms. The lowest BCUT2D eigenvalue weighted by Gasteiger charge is -2.45. The van der Waals surface area contributed by atoms with E-state index < -0.39 is 67.9 Å². The Kier molecular flexibility index (Phi) is 8.34. The van der Waals surface area contributed by atoms with Crippen molar-refractivity contribution in [1.82, 2.24) is 0 Å². The topological polar surface area (TPSA) is 308 Å². The van der Waals surface area contributed by atoms with Crippen LogP contribution in [0.1, 0.15) is 0 Å². The summed E-state index contributed by atoms with van der Waals surface area (Å²) in [6.45, 7) is 0. The lowest BCUT2D eigenvalue weighted by Crippen LogP contribution is -2.65. The molecule has 1 aliphatic carbocycles. The third-order valence-electron chi connectivity index (χ3n) is 3.03. The Morgan fingerprint density at radius 3 is 0.786 bits per heavy atom. The molecule has 0 aliphatic heterocycles. The van der Waals surface area contributed by atoms with Gasteiger partial charge in [-0.3, -0.25) is 18.1 Å². The van der Waals surface area contributed by atoms with E-state index in [1.807, 2.05) is 0 Å². The summed E-state index contributed by atoms with van der Waals surface area (Å²) in [5.74, 6) is 0. The minimum Gasteiger partial charge on any atom is -0.387 e. The number of hydrogen-bond acceptors (Lipinski definition) is 10. The molecule has 0 unspecified atom stereocenters. The Balaban J connectivity index is 3.53. The first-order chi connectivity index (χ1) is 12.2. The summed E-state index contributed by atoms with van der Waals surface area (Å²) in [6, 6.07) is 0. The third-order valence-corrected chi connectivity index (χ3v) is 5.10. The van der Waals surface area contributed by atoms with Crippen molar-refractivity contribution in [1.29, 1.82) is 0 Å². The molecule has 0 aromatic heterocycles. The summed E-state index contributed by atoms with van der Waals surface area (Å²) >= 11 is 0. The Hall–Kier alpha value is 0.360. The van der Waals surface area contributed by atoms with Gasteiger partial charge in [0.25, 0.3) is 0 Å². The largest absolute Gasteiger partial charge is 0.470 e. The van der Waals surface area contributed by atoms with Gasteiger partial charge < -0.3 is 49.4 Å². The van der Waals surface area contributed by atoms with Crippen LogP contribution in [0.15, 0.2) is 0 Å². The van der Waals surface area contributed by atoms with Crippen molar-refractivity contribution < 1.29 is 85.7 Å². The number of hydrogen-bond donors (Lipinski definition) is 10. The van der Waals surface area contributed by atoms with Gasteiger partial charge in [0.15, 0.2) is 0 Å². The van der Waals surface area contributed by atoms with Crippen molar-refractivity contribution >= 4 is 31.3 Å². The second-order valence-electron chi connectivity index (χ2n) is 5.22. The molecule has 1 fully saturated rings. The van der Waals surface area contributed by atoms with Crippen LogP contribution in [0.4, 0.5) is 0 Å². The van der Waals surface area contributed by atoms with Crippen LogP contribution < -0.4 is 0 Å². The molecule has 1 saturated carbocycles. The summed E-state index contributed by atoms with van der Waals surface area (Å²) in [5, 5.41) is 19.8. The van der Waals surface area contributed by atoms with Crippen LogP contribution in [-0.2, 0) is 36.4 Å². The number of phosphoric acid groups is 4. The lowest BCUT2D eigenvalue weighted by molar-refractivity contribution is -0.209. The molecule has 28 heavy (non-hydrogen) atoms. The van der Waals surface area contributed by atoms with Gasteiger partial charge in [0.2, 0.25) is 0 Å². The SMILES string of the molecule is O=P(O)(O)O[C@@H]1[C@H](OP(=O)(O)O)[C@H](OP(=O)(O)O)[C@@H](O)[C@H](O)[C@@H]1OP(=O)(O)O. The monoisotopic (exact) mass is 500 g/mol. The molecule has 10 N–H and O–H groups in total. The van der Waals surface area contributed by atoms with Gasteiger partial charge in [-0.05, 0) is 0 Å². The van der Waals surface area contributed by atoms with Gasteiger partial charge in [0.05, 0.1) is 0 Å². The van der Waals surface area contributed by atoms with E-state index in [2.05, 4.69) is 18.1 Å². The maximum atomic E-state index is 11.1. The highest BCUT2D eigenvalue weighted by Gasteiger charge is 2.58. The summed E-state index contributed by atoms with van der Waals surface area (Å²) in [5.41, 5.74) is 0. The zero-order valence-corrected chi connectivity index (χ0v) is 16.6. The summed E-state index contributed by atoms with van der Waals surface area (Å²) in [7, 11) is -22.5. The Bertz CT molecular complexity index is 664. The van der Waals surface area contributed by atoms with Gasteiger partial charge in [0.1, 0.15) is 36.6 Å². The molecule has 22 heteroatoms. The van der Waals surface area contributed by atoms with E-state index in [0.717, 1.165) is 0 Å². The minimum atomic E-state index is -5.67. The lowest BCUT2D eigenvalue weighted by atomic mass is 9.85. The number of phosphoric ester groups is 4. The van der Waals surface area contributed by atoms with Gasteiger partial charge in [-0.2, -0.15) is 0 Å². The molecule has 0 amide bonds. The molecule has 0 radical (unpaired) electrons. The molecule has 0 heterocycles. The van der Waals surface area contributed by atoms with Gasteiger partial charge in [-0.25, -0.2) is 18.3 Å². The Morgan fingerprint density at radius 1 is 0.429 bits per heavy atom. The number of rotatable bonds is 8. The average molecular weight is 500 g/mol. The van der Waals surface area contributed by atoms with Crippen LogP contribution in [0.5, 0.6) is 0 Å². The van der Waals surface area contributed by atoms with Crippen LogP contribution >= 0.6 is 31.3 Å². The fourth-order valence-corrected chi connectivity index (χ4v) is 4.51. The third kappa shape index (κ3) is 8.62. The second kappa shape index (κ2) is 8.85. The predicted molar refractivity (Wildman–Crippen MR) is 79.7 cm³/mol. The van der Waals surface area contributed by atoms with Crippen molar-refractivity contribution in [3.63, 3.8) is 0 Å². The highest BCUT2D eigenvalue weighted by atomic mass is 31.2. The van der Waals surface area contributed by atoms with Crippen LogP contribution in [0.25, 0.3) is 0 Å². The highest BCUT2D eigenvalue weighted by molar-refractivity contribution is 7.47. The fraction of sp³-hybridized carbons (Fsp3) is 1.00. The molecule has 6 atom stereocenters. The molecule has 0 bridgehead atoms. The van der Waals surface area contributed by atoms with E-state index in [4.69, 9.17) is 39.1 Å². The van der Waals surface area contributed by atoms with Gasteiger partial charge >= 0.3 is 31.3 Å². The van der Waals surface area contributed by atoms with E-state index in [0.29, 0.717) is 0 Å². The zero-order chi connectivity index (χ0) is 22.3. The normalized spacial score (nSPS) is 33.1. The van der Waals surface area contributed by atoms with Gasteiger partial charge in [-0.15, -0.1) is 0 Å². The molecule has 1 aliphatic rings. The highest BCUT2D eigenvalue weighted by Crippen LogP contribution is 2.52. The van der Waals surface area contributed by atoms with Crippen molar-refractivity contribution in [2.24, 2.45) is 0 Å². The van der Waals surface area contributed by atoms with E-state index in [-0.39, 0.29) is 0 Å². The predicted octanol–water partition coefficient (Wildman–Crippen LogP) is -3.37. The zero-order valence-electron chi connectivity index (χ0n) is 13.0. The molecule has 1 rings (SSSR count). The van der Waals surface area contributed by atoms with Crippen molar-refractivity contribution in [2.45, 2.75) is 36.6 Å².